The van der Waals surface area contributed by atoms with E-state index < -0.39 is 17.4 Å². The van der Waals surface area contributed by atoms with E-state index in [9.17, 15) is 18.0 Å². The smallest absolute Gasteiger partial charge is 0.315 e. The molecule has 4 nitrogen and oxygen atoms in total. The number of Topliss-reactive ketones (excluding diaryl/α,β-unsaturated/α-hetero) is 1. The average Bonchev–Trinajstić information content (AvgIpc) is 2.83. The van der Waals surface area contributed by atoms with Crippen molar-refractivity contribution in [1.29, 1.82) is 0 Å². The van der Waals surface area contributed by atoms with E-state index in [-0.39, 0.29) is 25.1 Å². The molecule has 1 aromatic heterocycles. The first-order valence-corrected chi connectivity index (χ1v) is 5.18. The Morgan fingerprint density at radius 2 is 2.29 bits per heavy atom. The molecule has 0 aliphatic carbocycles. The van der Waals surface area contributed by atoms with Crippen molar-refractivity contribution in [2.45, 2.75) is 12.6 Å². The van der Waals surface area contributed by atoms with E-state index in [1.807, 2.05) is 0 Å². The number of alkyl halides is 3. The van der Waals surface area contributed by atoms with Gasteiger partial charge in [0.25, 0.3) is 0 Å². The Labute approximate surface area is 95.8 Å². The third kappa shape index (κ3) is 1.84. The molecule has 0 bridgehead atoms. The lowest BCUT2D eigenvalue weighted by Gasteiger charge is -2.28. The van der Waals surface area contributed by atoms with Crippen LogP contribution in [0.4, 0.5) is 13.2 Å². The number of hydrogen-bond donors (Lipinski definition) is 1. The van der Waals surface area contributed by atoms with Crippen LogP contribution in [0.15, 0.2) is 12.4 Å². The van der Waals surface area contributed by atoms with Crippen molar-refractivity contribution < 1.29 is 18.0 Å². The predicted octanol–water partition coefficient (Wildman–Crippen LogP) is 1.14. The lowest BCUT2D eigenvalue weighted by molar-refractivity contribution is -0.197. The van der Waals surface area contributed by atoms with Crippen LogP contribution in [-0.4, -0.2) is 34.8 Å². The van der Waals surface area contributed by atoms with Gasteiger partial charge in [-0.1, -0.05) is 0 Å². The summed E-state index contributed by atoms with van der Waals surface area (Å²) in [6.45, 7) is -0.157. The summed E-state index contributed by atoms with van der Waals surface area (Å²) < 4.78 is 40.5. The minimum Gasteiger partial charge on any atom is -0.315 e. The van der Waals surface area contributed by atoms with E-state index in [1.54, 1.807) is 7.05 Å². The summed E-state index contributed by atoms with van der Waals surface area (Å²) in [4.78, 5) is 12.0. The molecule has 1 aliphatic heterocycles. The second-order valence-electron chi connectivity index (χ2n) is 4.24. The number of carbonyl (C=O) groups is 1. The Bertz CT molecular complexity index is 432. The van der Waals surface area contributed by atoms with Gasteiger partial charge in [0, 0.05) is 19.8 Å². The van der Waals surface area contributed by atoms with Gasteiger partial charge in [-0.25, -0.2) is 0 Å². The van der Waals surface area contributed by atoms with E-state index in [4.69, 9.17) is 0 Å². The van der Waals surface area contributed by atoms with Crippen molar-refractivity contribution in [3.63, 3.8) is 0 Å². The van der Waals surface area contributed by atoms with Crippen molar-refractivity contribution in [2.24, 2.45) is 12.5 Å². The molecule has 1 unspecified atom stereocenters. The SMILES string of the molecule is Cn1cc(C(=O)C2(C(F)(F)F)CCNC2)cn1. The molecule has 1 atom stereocenters. The third-order valence-electron chi connectivity index (χ3n) is 3.10. The molecule has 0 amide bonds. The Kier molecular flexibility index (Phi) is 2.73. The summed E-state index contributed by atoms with van der Waals surface area (Å²) in [5, 5.41) is 6.34. The fourth-order valence-electron chi connectivity index (χ4n) is 2.07. The summed E-state index contributed by atoms with van der Waals surface area (Å²) in [6.07, 6.45) is -2.27. The van der Waals surface area contributed by atoms with Crippen molar-refractivity contribution >= 4 is 5.78 Å². The van der Waals surface area contributed by atoms with E-state index in [0.29, 0.717) is 0 Å². The first-order chi connectivity index (χ1) is 7.87. The number of rotatable bonds is 2. The summed E-state index contributed by atoms with van der Waals surface area (Å²) in [5.74, 6) is -0.900. The van der Waals surface area contributed by atoms with Crippen LogP contribution in [0, 0.1) is 5.41 Å². The molecule has 1 fully saturated rings. The quantitative estimate of drug-likeness (QED) is 0.797. The number of nitrogens with one attached hydrogen (secondary N) is 1. The minimum atomic E-state index is -4.54. The third-order valence-corrected chi connectivity index (χ3v) is 3.10. The highest BCUT2D eigenvalue weighted by Gasteiger charge is 2.61. The van der Waals surface area contributed by atoms with Gasteiger partial charge in [-0.2, -0.15) is 18.3 Å². The van der Waals surface area contributed by atoms with Crippen molar-refractivity contribution in [3.8, 4) is 0 Å². The molecule has 0 radical (unpaired) electrons. The Hall–Kier alpha value is -1.37. The summed E-state index contributed by atoms with van der Waals surface area (Å²) >= 11 is 0. The van der Waals surface area contributed by atoms with Gasteiger partial charge in [-0.05, 0) is 13.0 Å². The topological polar surface area (TPSA) is 46.9 Å². The largest absolute Gasteiger partial charge is 0.402 e. The van der Waals surface area contributed by atoms with Gasteiger partial charge >= 0.3 is 6.18 Å². The fraction of sp³-hybridized carbons (Fsp3) is 0.600. The number of ketones is 1. The number of hydrogen-bond acceptors (Lipinski definition) is 3. The Morgan fingerprint density at radius 1 is 1.59 bits per heavy atom. The second kappa shape index (κ2) is 3.83. The fourth-order valence-corrected chi connectivity index (χ4v) is 2.07. The number of carbonyl (C=O) groups excluding carboxylic acids is 1. The van der Waals surface area contributed by atoms with Crippen LogP contribution < -0.4 is 5.32 Å². The molecule has 17 heavy (non-hydrogen) atoms. The first-order valence-electron chi connectivity index (χ1n) is 5.18. The van der Waals surface area contributed by atoms with Gasteiger partial charge in [0.2, 0.25) is 0 Å². The molecule has 1 aromatic rings. The van der Waals surface area contributed by atoms with Gasteiger partial charge < -0.3 is 5.32 Å². The molecule has 2 heterocycles. The predicted molar refractivity (Wildman–Crippen MR) is 53.5 cm³/mol. The normalized spacial score (nSPS) is 25.2. The van der Waals surface area contributed by atoms with E-state index >= 15 is 0 Å². The van der Waals surface area contributed by atoms with Gasteiger partial charge in [-0.15, -0.1) is 0 Å². The molecule has 1 saturated heterocycles. The summed E-state index contributed by atoms with van der Waals surface area (Å²) in [5.41, 5.74) is -2.29. The summed E-state index contributed by atoms with van der Waals surface area (Å²) in [6, 6.07) is 0. The monoisotopic (exact) mass is 247 g/mol. The molecule has 0 aromatic carbocycles. The van der Waals surface area contributed by atoms with Crippen molar-refractivity contribution in [3.05, 3.63) is 18.0 Å². The highest BCUT2D eigenvalue weighted by molar-refractivity contribution is 6.01. The molecular formula is C10H12F3N3O. The maximum atomic E-state index is 13.1. The zero-order valence-electron chi connectivity index (χ0n) is 9.21. The van der Waals surface area contributed by atoms with Crippen molar-refractivity contribution in [1.82, 2.24) is 15.1 Å². The van der Waals surface area contributed by atoms with E-state index in [2.05, 4.69) is 10.4 Å². The maximum Gasteiger partial charge on any atom is 0.402 e. The van der Waals surface area contributed by atoms with Crippen LogP contribution in [0.2, 0.25) is 0 Å². The standard InChI is InChI=1S/C10H12F3N3O/c1-16-5-7(4-15-16)8(17)9(10(11,12)13)2-3-14-6-9/h4-5,14H,2-3,6H2,1H3. The highest BCUT2D eigenvalue weighted by atomic mass is 19.4. The van der Waals surface area contributed by atoms with Crippen LogP contribution in [0.25, 0.3) is 0 Å². The van der Waals surface area contributed by atoms with Crippen molar-refractivity contribution in [2.75, 3.05) is 13.1 Å². The zero-order chi connectivity index (χ0) is 12.7. The second-order valence-corrected chi connectivity index (χ2v) is 4.24. The van der Waals surface area contributed by atoms with E-state index in [1.165, 1.54) is 17.1 Å². The minimum absolute atomic E-state index is 0.00789. The molecular weight excluding hydrogens is 235 g/mol. The van der Waals surface area contributed by atoms with Gasteiger partial charge in [0.15, 0.2) is 5.78 Å². The molecule has 94 valence electrons. The highest BCUT2D eigenvalue weighted by Crippen LogP contribution is 2.45. The van der Waals surface area contributed by atoms with Gasteiger partial charge in [0.05, 0.1) is 11.8 Å². The molecule has 1 aliphatic rings. The average molecular weight is 247 g/mol. The maximum absolute atomic E-state index is 13.1. The van der Waals surface area contributed by atoms with Gasteiger partial charge in [-0.3, -0.25) is 9.48 Å². The lowest BCUT2D eigenvalue weighted by atomic mass is 9.79. The van der Waals surface area contributed by atoms with Crippen LogP contribution in [0.1, 0.15) is 16.8 Å². The molecule has 0 spiro atoms. The molecule has 2 rings (SSSR count). The Balaban J connectivity index is 2.38. The Morgan fingerprint density at radius 3 is 2.71 bits per heavy atom. The summed E-state index contributed by atoms with van der Waals surface area (Å²) in [7, 11) is 1.56. The number of nitrogens with zero attached hydrogens (tertiary/aromatic N) is 2. The molecule has 0 saturated carbocycles. The number of aromatic nitrogens is 2. The van der Waals surface area contributed by atoms with E-state index in [0.717, 1.165) is 0 Å². The molecule has 7 heteroatoms. The van der Waals surface area contributed by atoms with Crippen LogP contribution in [-0.2, 0) is 7.05 Å². The zero-order valence-corrected chi connectivity index (χ0v) is 9.21. The lowest BCUT2D eigenvalue weighted by Crippen LogP contribution is -2.46. The van der Waals surface area contributed by atoms with Crippen LogP contribution in [0.3, 0.4) is 0 Å². The first kappa shape index (κ1) is 12.1. The number of halogens is 3. The number of aryl methyl sites for hydroxylation is 1. The van der Waals surface area contributed by atoms with Crippen LogP contribution >= 0.6 is 0 Å². The molecule has 1 N–H and O–H groups in total. The van der Waals surface area contributed by atoms with Crippen LogP contribution in [0.5, 0.6) is 0 Å². The van der Waals surface area contributed by atoms with Gasteiger partial charge in [0.1, 0.15) is 5.41 Å².